The molecule has 1 saturated carbocycles. The second-order valence-corrected chi connectivity index (χ2v) is 8.23. The first kappa shape index (κ1) is 18.1. The van der Waals surface area contributed by atoms with Crippen LogP contribution in [0.25, 0.3) is 43.9 Å². The zero-order valence-corrected chi connectivity index (χ0v) is 17.0. The van der Waals surface area contributed by atoms with Crippen molar-refractivity contribution in [1.29, 1.82) is 0 Å². The van der Waals surface area contributed by atoms with Gasteiger partial charge in [0.25, 0.3) is 5.91 Å². The van der Waals surface area contributed by atoms with Crippen LogP contribution in [0.1, 0.15) is 42.5 Å². The Bertz CT molecular complexity index is 1470. The van der Waals surface area contributed by atoms with Gasteiger partial charge in [-0.3, -0.25) is 14.8 Å². The molecule has 1 N–H and O–H groups in total. The highest BCUT2D eigenvalue weighted by Gasteiger charge is 2.18. The zero-order valence-electron chi connectivity index (χ0n) is 17.0. The van der Waals surface area contributed by atoms with Gasteiger partial charge in [0.15, 0.2) is 0 Å². The van der Waals surface area contributed by atoms with Gasteiger partial charge in [-0.1, -0.05) is 19.3 Å². The number of aromatic nitrogens is 4. The standard InChI is InChI=1S/C25H21N5O/c31-25(28-16-6-2-1-3-7-16)15-10-11-19-20(14-15)30-24-18-9-5-13-27-22(18)21-17(23(24)29-19)8-4-12-26-21/h4-5,8-14,16H,1-3,6-7H2,(H,28,31). The summed E-state index contributed by atoms with van der Waals surface area (Å²) in [7, 11) is 0. The van der Waals surface area contributed by atoms with Gasteiger partial charge in [-0.15, -0.1) is 0 Å². The van der Waals surface area contributed by atoms with Gasteiger partial charge in [0.1, 0.15) is 0 Å². The first-order valence-electron chi connectivity index (χ1n) is 10.8. The molecule has 0 unspecified atom stereocenters. The van der Waals surface area contributed by atoms with Gasteiger partial charge in [0.2, 0.25) is 0 Å². The van der Waals surface area contributed by atoms with Crippen LogP contribution in [-0.2, 0) is 0 Å². The molecule has 6 heteroatoms. The first-order valence-corrected chi connectivity index (χ1v) is 10.8. The van der Waals surface area contributed by atoms with E-state index in [0.717, 1.165) is 51.2 Å². The summed E-state index contributed by atoms with van der Waals surface area (Å²) in [6.07, 6.45) is 9.29. The molecule has 6 rings (SSSR count). The third-order valence-corrected chi connectivity index (χ3v) is 6.22. The highest BCUT2D eigenvalue weighted by molar-refractivity contribution is 6.21. The Balaban J connectivity index is 1.52. The third-order valence-electron chi connectivity index (χ3n) is 6.22. The molecule has 152 valence electrons. The van der Waals surface area contributed by atoms with Crippen molar-refractivity contribution in [3.63, 3.8) is 0 Å². The number of carbonyl (C=O) groups is 1. The van der Waals surface area contributed by atoms with Crippen LogP contribution >= 0.6 is 0 Å². The number of nitrogens with one attached hydrogen (secondary N) is 1. The lowest BCUT2D eigenvalue weighted by Crippen LogP contribution is -2.36. The van der Waals surface area contributed by atoms with Gasteiger partial charge in [0.05, 0.1) is 33.1 Å². The normalized spacial score (nSPS) is 15.1. The maximum Gasteiger partial charge on any atom is 0.251 e. The summed E-state index contributed by atoms with van der Waals surface area (Å²) >= 11 is 0. The van der Waals surface area contributed by atoms with Gasteiger partial charge in [-0.2, -0.15) is 0 Å². The molecular weight excluding hydrogens is 386 g/mol. The van der Waals surface area contributed by atoms with Crippen LogP contribution in [0.3, 0.4) is 0 Å². The summed E-state index contributed by atoms with van der Waals surface area (Å²) in [5.74, 6) is -0.0371. The van der Waals surface area contributed by atoms with Gasteiger partial charge in [0, 0.05) is 34.8 Å². The lowest BCUT2D eigenvalue weighted by Gasteiger charge is -2.22. The van der Waals surface area contributed by atoms with E-state index in [1.165, 1.54) is 19.3 Å². The maximum absolute atomic E-state index is 12.8. The maximum atomic E-state index is 12.8. The Kier molecular flexibility index (Phi) is 4.23. The van der Waals surface area contributed by atoms with Gasteiger partial charge < -0.3 is 5.32 Å². The van der Waals surface area contributed by atoms with Crippen molar-refractivity contribution >= 4 is 49.8 Å². The molecule has 31 heavy (non-hydrogen) atoms. The van der Waals surface area contributed by atoms with Crippen LogP contribution in [0.15, 0.2) is 54.9 Å². The fraction of sp³-hybridized carbons (Fsp3) is 0.240. The fourth-order valence-corrected chi connectivity index (χ4v) is 4.66. The molecule has 0 radical (unpaired) electrons. The summed E-state index contributed by atoms with van der Waals surface area (Å²) in [6, 6.07) is 13.6. The van der Waals surface area contributed by atoms with Crippen molar-refractivity contribution in [3.8, 4) is 0 Å². The Hall–Kier alpha value is -3.67. The molecule has 0 atom stereocenters. The lowest BCUT2D eigenvalue weighted by molar-refractivity contribution is 0.0928. The molecule has 1 aliphatic rings. The van der Waals surface area contributed by atoms with Crippen molar-refractivity contribution in [2.24, 2.45) is 0 Å². The van der Waals surface area contributed by atoms with E-state index >= 15 is 0 Å². The second-order valence-electron chi connectivity index (χ2n) is 8.23. The Labute approximate surface area is 178 Å². The summed E-state index contributed by atoms with van der Waals surface area (Å²) < 4.78 is 0. The van der Waals surface area contributed by atoms with Crippen LogP contribution in [0.2, 0.25) is 0 Å². The molecule has 1 amide bonds. The van der Waals surface area contributed by atoms with Crippen molar-refractivity contribution < 1.29 is 4.79 Å². The molecule has 1 fully saturated rings. The SMILES string of the molecule is O=C(NC1CCCCC1)c1ccc2nc3c4cccnc4c4ncccc4c3nc2c1. The predicted octanol–water partition coefficient (Wildman–Crippen LogP) is 4.94. The largest absolute Gasteiger partial charge is 0.349 e. The quantitative estimate of drug-likeness (QED) is 0.331. The third kappa shape index (κ3) is 3.06. The molecular formula is C25H21N5O. The summed E-state index contributed by atoms with van der Waals surface area (Å²) in [4.78, 5) is 31.8. The van der Waals surface area contributed by atoms with E-state index < -0.39 is 0 Å². The van der Waals surface area contributed by atoms with E-state index in [4.69, 9.17) is 9.97 Å². The lowest BCUT2D eigenvalue weighted by atomic mass is 9.95. The predicted molar refractivity (Wildman–Crippen MR) is 122 cm³/mol. The molecule has 3 aromatic heterocycles. The van der Waals surface area contributed by atoms with Gasteiger partial charge in [-0.25, -0.2) is 9.97 Å². The zero-order chi connectivity index (χ0) is 20.8. The summed E-state index contributed by atoms with van der Waals surface area (Å²) in [5, 5.41) is 5.03. The Morgan fingerprint density at radius 1 is 0.774 bits per heavy atom. The van der Waals surface area contributed by atoms with E-state index in [2.05, 4.69) is 15.3 Å². The minimum absolute atomic E-state index is 0.0371. The number of hydrogen-bond acceptors (Lipinski definition) is 5. The molecule has 6 nitrogen and oxygen atoms in total. The average Bonchev–Trinajstić information content (AvgIpc) is 2.83. The van der Waals surface area contributed by atoms with E-state index in [0.29, 0.717) is 11.1 Å². The number of nitrogens with zero attached hydrogens (tertiary/aromatic N) is 4. The van der Waals surface area contributed by atoms with Gasteiger partial charge in [-0.05, 0) is 55.3 Å². The van der Waals surface area contributed by atoms with Crippen LogP contribution in [0.4, 0.5) is 0 Å². The molecule has 2 aromatic carbocycles. The minimum Gasteiger partial charge on any atom is -0.349 e. The second kappa shape index (κ2) is 7.23. The molecule has 1 aliphatic carbocycles. The monoisotopic (exact) mass is 407 g/mol. The topological polar surface area (TPSA) is 80.7 Å². The van der Waals surface area contributed by atoms with Crippen molar-refractivity contribution in [2.75, 3.05) is 0 Å². The molecule has 5 aromatic rings. The number of rotatable bonds is 2. The molecule has 0 saturated heterocycles. The van der Waals surface area contributed by atoms with E-state index in [1.807, 2.05) is 42.5 Å². The van der Waals surface area contributed by atoms with Gasteiger partial charge >= 0.3 is 0 Å². The first-order chi connectivity index (χ1) is 15.3. The van der Waals surface area contributed by atoms with Crippen LogP contribution in [0.5, 0.6) is 0 Å². The van der Waals surface area contributed by atoms with Crippen molar-refractivity contribution in [3.05, 3.63) is 60.4 Å². The van der Waals surface area contributed by atoms with Crippen molar-refractivity contribution in [2.45, 2.75) is 38.1 Å². The fourth-order valence-electron chi connectivity index (χ4n) is 4.66. The van der Waals surface area contributed by atoms with Crippen LogP contribution < -0.4 is 5.32 Å². The average molecular weight is 407 g/mol. The minimum atomic E-state index is -0.0371. The number of carbonyl (C=O) groups excluding carboxylic acids is 1. The molecule has 3 heterocycles. The van der Waals surface area contributed by atoms with Crippen LogP contribution in [-0.4, -0.2) is 31.9 Å². The van der Waals surface area contributed by atoms with E-state index in [-0.39, 0.29) is 11.9 Å². The van der Waals surface area contributed by atoms with E-state index in [1.54, 1.807) is 12.4 Å². The Morgan fingerprint density at radius 2 is 1.42 bits per heavy atom. The number of benzene rings is 2. The highest BCUT2D eigenvalue weighted by atomic mass is 16.1. The number of fused-ring (bicyclic) bond motifs is 7. The summed E-state index contributed by atoms with van der Waals surface area (Å²) in [5.41, 5.74) is 5.30. The number of amides is 1. The smallest absolute Gasteiger partial charge is 0.251 e. The number of pyridine rings is 2. The molecule has 0 aliphatic heterocycles. The van der Waals surface area contributed by atoms with Crippen molar-refractivity contribution in [1.82, 2.24) is 25.3 Å². The van der Waals surface area contributed by atoms with E-state index in [9.17, 15) is 4.79 Å². The van der Waals surface area contributed by atoms with Crippen LogP contribution in [0, 0.1) is 0 Å². The number of hydrogen-bond donors (Lipinski definition) is 1. The summed E-state index contributed by atoms with van der Waals surface area (Å²) in [6.45, 7) is 0. The highest BCUT2D eigenvalue weighted by Crippen LogP contribution is 2.31. The molecule has 0 spiro atoms. The molecule has 0 bridgehead atoms. The Morgan fingerprint density at radius 3 is 2.10 bits per heavy atom.